The van der Waals surface area contributed by atoms with E-state index in [2.05, 4.69) is 5.32 Å². The van der Waals surface area contributed by atoms with Crippen molar-refractivity contribution in [1.82, 2.24) is 9.80 Å². The smallest absolute Gasteiger partial charge is 0.239 e. The maximum atomic E-state index is 12.8. The van der Waals surface area contributed by atoms with Crippen LogP contribution in [0, 0.1) is 0 Å². The van der Waals surface area contributed by atoms with Crippen LogP contribution in [-0.2, 0) is 9.59 Å². The lowest BCUT2D eigenvalue weighted by Crippen LogP contribution is -2.52. The van der Waals surface area contributed by atoms with Crippen molar-refractivity contribution in [1.29, 1.82) is 0 Å². The Morgan fingerprint density at radius 3 is 2.54 bits per heavy atom. The van der Waals surface area contributed by atoms with Crippen molar-refractivity contribution in [2.45, 2.75) is 45.1 Å². The standard InChI is InChI=1S/C20H27N3O3/c1-15(24)16-7-6-8-17(13-16)21-19(25)14-23-12-3-2-9-18(23)20(26)22-10-4-5-11-22/h6-8,13,18H,2-5,9-12,14H2,1H3,(H,21,25)/t18-/m1/s1. The van der Waals surface area contributed by atoms with Crippen molar-refractivity contribution in [3.8, 4) is 0 Å². The summed E-state index contributed by atoms with van der Waals surface area (Å²) in [4.78, 5) is 40.7. The van der Waals surface area contributed by atoms with Crippen molar-refractivity contribution in [2.24, 2.45) is 0 Å². The van der Waals surface area contributed by atoms with Crippen LogP contribution in [0.5, 0.6) is 0 Å². The van der Waals surface area contributed by atoms with Crippen LogP contribution in [0.15, 0.2) is 24.3 Å². The van der Waals surface area contributed by atoms with E-state index in [1.807, 2.05) is 9.80 Å². The molecule has 6 nitrogen and oxygen atoms in total. The fraction of sp³-hybridized carbons (Fsp3) is 0.550. The number of nitrogens with zero attached hydrogens (tertiary/aromatic N) is 2. The van der Waals surface area contributed by atoms with Gasteiger partial charge in [0, 0.05) is 24.3 Å². The van der Waals surface area contributed by atoms with Crippen LogP contribution in [0.25, 0.3) is 0 Å². The third kappa shape index (κ3) is 4.49. The maximum absolute atomic E-state index is 12.8. The first-order valence-electron chi connectivity index (χ1n) is 9.48. The SMILES string of the molecule is CC(=O)c1cccc(NC(=O)CN2CCCC[C@@H]2C(=O)N2CCCC2)c1. The number of ketones is 1. The van der Waals surface area contributed by atoms with Crippen molar-refractivity contribution >= 4 is 23.3 Å². The fourth-order valence-corrected chi connectivity index (χ4v) is 3.81. The van der Waals surface area contributed by atoms with Gasteiger partial charge in [-0.05, 0) is 51.3 Å². The summed E-state index contributed by atoms with van der Waals surface area (Å²) in [6, 6.07) is 6.76. The van der Waals surface area contributed by atoms with Gasteiger partial charge < -0.3 is 10.2 Å². The van der Waals surface area contributed by atoms with Crippen molar-refractivity contribution in [3.05, 3.63) is 29.8 Å². The molecule has 2 aliphatic rings. The fourth-order valence-electron chi connectivity index (χ4n) is 3.81. The Labute approximate surface area is 154 Å². The lowest BCUT2D eigenvalue weighted by molar-refractivity contribution is -0.137. The van der Waals surface area contributed by atoms with E-state index >= 15 is 0 Å². The molecule has 1 N–H and O–H groups in total. The highest BCUT2D eigenvalue weighted by molar-refractivity contribution is 5.97. The van der Waals surface area contributed by atoms with Gasteiger partial charge in [-0.2, -0.15) is 0 Å². The number of hydrogen-bond acceptors (Lipinski definition) is 4. The zero-order chi connectivity index (χ0) is 18.5. The topological polar surface area (TPSA) is 69.7 Å². The van der Waals surface area contributed by atoms with Crippen LogP contribution in [-0.4, -0.2) is 59.6 Å². The highest BCUT2D eigenvalue weighted by Crippen LogP contribution is 2.21. The van der Waals surface area contributed by atoms with Gasteiger partial charge in [-0.15, -0.1) is 0 Å². The zero-order valence-electron chi connectivity index (χ0n) is 15.4. The number of carbonyl (C=O) groups is 3. The van der Waals surface area contributed by atoms with Gasteiger partial charge in [0.05, 0.1) is 12.6 Å². The lowest BCUT2D eigenvalue weighted by atomic mass is 10.0. The quantitative estimate of drug-likeness (QED) is 0.821. The number of Topliss-reactive ketones (excluding diaryl/α,β-unsaturated/α-hetero) is 1. The van der Waals surface area contributed by atoms with E-state index in [0.29, 0.717) is 11.3 Å². The van der Waals surface area contributed by atoms with E-state index < -0.39 is 0 Å². The van der Waals surface area contributed by atoms with Crippen molar-refractivity contribution in [2.75, 3.05) is 31.5 Å². The molecule has 2 saturated heterocycles. The molecule has 6 heteroatoms. The van der Waals surface area contributed by atoms with E-state index in [4.69, 9.17) is 0 Å². The number of nitrogens with one attached hydrogen (secondary N) is 1. The lowest BCUT2D eigenvalue weighted by Gasteiger charge is -2.36. The number of rotatable bonds is 5. The van der Waals surface area contributed by atoms with E-state index in [1.165, 1.54) is 6.92 Å². The molecule has 140 valence electrons. The van der Waals surface area contributed by atoms with E-state index in [9.17, 15) is 14.4 Å². The average Bonchev–Trinajstić information content (AvgIpc) is 3.16. The predicted molar refractivity (Wildman–Crippen MR) is 100 cm³/mol. The highest BCUT2D eigenvalue weighted by atomic mass is 16.2. The Kier molecular flexibility index (Phi) is 6.04. The first-order valence-corrected chi connectivity index (χ1v) is 9.48. The molecule has 0 spiro atoms. The monoisotopic (exact) mass is 357 g/mol. The molecule has 2 heterocycles. The van der Waals surface area contributed by atoms with Crippen LogP contribution >= 0.6 is 0 Å². The number of benzene rings is 1. The van der Waals surface area contributed by atoms with Gasteiger partial charge in [0.25, 0.3) is 0 Å². The van der Waals surface area contributed by atoms with Gasteiger partial charge in [0.1, 0.15) is 0 Å². The largest absolute Gasteiger partial charge is 0.341 e. The minimum absolute atomic E-state index is 0.0339. The van der Waals surface area contributed by atoms with E-state index in [1.54, 1.807) is 24.3 Å². The molecule has 0 saturated carbocycles. The van der Waals surface area contributed by atoms with Gasteiger partial charge in [-0.25, -0.2) is 0 Å². The Hall–Kier alpha value is -2.21. The summed E-state index contributed by atoms with van der Waals surface area (Å²) in [6.45, 7) is 4.16. The first-order chi connectivity index (χ1) is 12.5. The van der Waals surface area contributed by atoms with Gasteiger partial charge in [-0.3, -0.25) is 19.3 Å². The second-order valence-corrected chi connectivity index (χ2v) is 7.20. The number of amides is 2. The minimum atomic E-state index is -0.184. The molecule has 0 unspecified atom stereocenters. The molecule has 1 aromatic rings. The van der Waals surface area contributed by atoms with Crippen molar-refractivity contribution in [3.63, 3.8) is 0 Å². The molecule has 1 aromatic carbocycles. The normalized spacial score (nSPS) is 20.8. The zero-order valence-corrected chi connectivity index (χ0v) is 15.4. The number of hydrogen-bond donors (Lipinski definition) is 1. The summed E-state index contributed by atoms with van der Waals surface area (Å²) in [6.07, 6.45) is 5.01. The molecule has 1 atom stereocenters. The van der Waals surface area contributed by atoms with Crippen LogP contribution in [0.1, 0.15) is 49.4 Å². The summed E-state index contributed by atoms with van der Waals surface area (Å²) in [5.41, 5.74) is 1.19. The van der Waals surface area contributed by atoms with Crippen LogP contribution in [0.2, 0.25) is 0 Å². The second kappa shape index (κ2) is 8.45. The van der Waals surface area contributed by atoms with Gasteiger partial charge >= 0.3 is 0 Å². The molecule has 0 aliphatic carbocycles. The van der Waals surface area contributed by atoms with E-state index in [-0.39, 0.29) is 30.2 Å². The summed E-state index contributed by atoms with van der Waals surface area (Å²) >= 11 is 0. The minimum Gasteiger partial charge on any atom is -0.341 e. The summed E-state index contributed by atoms with van der Waals surface area (Å²) in [5.74, 6) is -0.00574. The number of carbonyl (C=O) groups excluding carboxylic acids is 3. The Bertz CT molecular complexity index is 683. The number of anilines is 1. The molecule has 0 bridgehead atoms. The summed E-state index contributed by atoms with van der Waals surface area (Å²) in [7, 11) is 0. The number of likely N-dealkylation sites (tertiary alicyclic amines) is 2. The average molecular weight is 357 g/mol. The van der Waals surface area contributed by atoms with E-state index in [0.717, 1.165) is 51.7 Å². The van der Waals surface area contributed by atoms with Crippen molar-refractivity contribution < 1.29 is 14.4 Å². The van der Waals surface area contributed by atoms with Gasteiger partial charge in [0.15, 0.2) is 5.78 Å². The summed E-state index contributed by atoms with van der Waals surface area (Å²) < 4.78 is 0. The van der Waals surface area contributed by atoms with Crippen LogP contribution in [0.3, 0.4) is 0 Å². The molecule has 3 rings (SSSR count). The maximum Gasteiger partial charge on any atom is 0.239 e. The molecule has 2 aliphatic heterocycles. The first kappa shape index (κ1) is 18.6. The van der Waals surface area contributed by atoms with Gasteiger partial charge in [-0.1, -0.05) is 18.6 Å². The second-order valence-electron chi connectivity index (χ2n) is 7.20. The molecule has 2 amide bonds. The Balaban J connectivity index is 1.62. The Morgan fingerprint density at radius 2 is 1.81 bits per heavy atom. The molecule has 26 heavy (non-hydrogen) atoms. The molecular formula is C20H27N3O3. The molecular weight excluding hydrogens is 330 g/mol. The number of piperidine rings is 1. The molecule has 2 fully saturated rings. The predicted octanol–water partition coefficient (Wildman–Crippen LogP) is 2.30. The van der Waals surface area contributed by atoms with Crippen LogP contribution in [0.4, 0.5) is 5.69 Å². The van der Waals surface area contributed by atoms with Gasteiger partial charge in [0.2, 0.25) is 11.8 Å². The van der Waals surface area contributed by atoms with Crippen LogP contribution < -0.4 is 5.32 Å². The molecule has 0 radical (unpaired) electrons. The highest BCUT2D eigenvalue weighted by Gasteiger charge is 2.33. The third-order valence-electron chi connectivity index (χ3n) is 5.22. The molecule has 0 aromatic heterocycles. The summed E-state index contributed by atoms with van der Waals surface area (Å²) in [5, 5.41) is 2.86. The Morgan fingerprint density at radius 1 is 1.08 bits per heavy atom. The third-order valence-corrected chi connectivity index (χ3v) is 5.22.